The number of aromatic nitrogens is 4. The van der Waals surface area contributed by atoms with Crippen LogP contribution in [0.5, 0.6) is 0 Å². The Morgan fingerprint density at radius 3 is 3.10 bits per heavy atom. The van der Waals surface area contributed by atoms with Crippen LogP contribution in [0, 0.1) is 3.70 Å². The van der Waals surface area contributed by atoms with Crippen molar-refractivity contribution in [2.24, 2.45) is 0 Å². The van der Waals surface area contributed by atoms with Gasteiger partial charge in [0, 0.05) is 6.20 Å². The van der Waals surface area contributed by atoms with Crippen LogP contribution in [0.4, 0.5) is 0 Å². The SMILES string of the molecule is Ic1nnnc2cc[nH]c12. The van der Waals surface area contributed by atoms with Gasteiger partial charge in [0.1, 0.15) is 11.0 Å². The van der Waals surface area contributed by atoms with E-state index in [4.69, 9.17) is 0 Å². The highest BCUT2D eigenvalue weighted by Gasteiger charge is 1.99. The number of hydrogen-bond donors (Lipinski definition) is 1. The monoisotopic (exact) mass is 246 g/mol. The molecule has 4 nitrogen and oxygen atoms in total. The van der Waals surface area contributed by atoms with Crippen molar-refractivity contribution in [1.29, 1.82) is 0 Å². The van der Waals surface area contributed by atoms with Crippen molar-refractivity contribution in [3.63, 3.8) is 0 Å². The molecule has 2 aromatic rings. The molecule has 10 heavy (non-hydrogen) atoms. The van der Waals surface area contributed by atoms with Gasteiger partial charge in [0.25, 0.3) is 0 Å². The maximum absolute atomic E-state index is 3.80. The zero-order chi connectivity index (χ0) is 6.97. The molecule has 0 fully saturated rings. The van der Waals surface area contributed by atoms with Crippen LogP contribution in [0.3, 0.4) is 0 Å². The molecule has 0 saturated heterocycles. The molecule has 0 amide bonds. The lowest BCUT2D eigenvalue weighted by atomic mass is 10.5. The summed E-state index contributed by atoms with van der Waals surface area (Å²) in [7, 11) is 0. The molecule has 0 atom stereocenters. The molecular formula is C5H3IN4. The van der Waals surface area contributed by atoms with E-state index in [9.17, 15) is 0 Å². The van der Waals surface area contributed by atoms with Crippen LogP contribution in [-0.2, 0) is 0 Å². The molecule has 5 heteroatoms. The molecule has 0 bridgehead atoms. The van der Waals surface area contributed by atoms with Gasteiger partial charge in [0.15, 0.2) is 3.70 Å². The summed E-state index contributed by atoms with van der Waals surface area (Å²) in [5, 5.41) is 11.1. The Bertz CT molecular complexity index is 355. The molecule has 0 aliphatic carbocycles. The van der Waals surface area contributed by atoms with Crippen molar-refractivity contribution in [3.05, 3.63) is 16.0 Å². The Morgan fingerprint density at radius 2 is 2.30 bits per heavy atom. The fraction of sp³-hybridized carbons (Fsp3) is 0. The first kappa shape index (κ1) is 6.02. The van der Waals surface area contributed by atoms with E-state index in [0.717, 1.165) is 14.7 Å². The smallest absolute Gasteiger partial charge is 0.151 e. The maximum atomic E-state index is 3.80. The van der Waals surface area contributed by atoms with Crippen LogP contribution in [0.2, 0.25) is 0 Å². The zero-order valence-electron chi connectivity index (χ0n) is 4.87. The van der Waals surface area contributed by atoms with Crippen LogP contribution >= 0.6 is 22.6 Å². The van der Waals surface area contributed by atoms with Gasteiger partial charge in [-0.05, 0) is 33.9 Å². The average molecular weight is 246 g/mol. The number of halogens is 1. The van der Waals surface area contributed by atoms with Crippen molar-refractivity contribution in [2.45, 2.75) is 0 Å². The van der Waals surface area contributed by atoms with Crippen LogP contribution in [0.15, 0.2) is 12.3 Å². The molecule has 50 valence electrons. The van der Waals surface area contributed by atoms with Crippen LogP contribution in [0.25, 0.3) is 11.0 Å². The topological polar surface area (TPSA) is 54.5 Å². The molecule has 0 spiro atoms. The normalized spacial score (nSPS) is 10.5. The predicted octanol–water partition coefficient (Wildman–Crippen LogP) is 0.958. The summed E-state index contributed by atoms with van der Waals surface area (Å²) in [6.45, 7) is 0. The van der Waals surface area contributed by atoms with Gasteiger partial charge in [-0.1, -0.05) is 0 Å². The Labute approximate surface area is 70.2 Å². The Hall–Kier alpha value is -0.720. The summed E-state index contributed by atoms with van der Waals surface area (Å²) in [6, 6.07) is 1.87. The highest BCUT2D eigenvalue weighted by molar-refractivity contribution is 14.1. The van der Waals surface area contributed by atoms with Crippen molar-refractivity contribution < 1.29 is 0 Å². The number of nitrogens with one attached hydrogen (secondary N) is 1. The lowest BCUT2D eigenvalue weighted by Gasteiger charge is -1.87. The van der Waals surface area contributed by atoms with E-state index in [0.29, 0.717) is 0 Å². The molecule has 0 radical (unpaired) electrons. The van der Waals surface area contributed by atoms with Crippen molar-refractivity contribution in [3.8, 4) is 0 Å². The third-order valence-electron chi connectivity index (χ3n) is 1.22. The average Bonchev–Trinajstić information content (AvgIpc) is 2.36. The predicted molar refractivity (Wildman–Crippen MR) is 44.4 cm³/mol. The number of nitrogens with zero attached hydrogens (tertiary/aromatic N) is 3. The summed E-state index contributed by atoms with van der Waals surface area (Å²) >= 11 is 2.11. The fourth-order valence-electron chi connectivity index (χ4n) is 0.770. The molecular weight excluding hydrogens is 243 g/mol. The van der Waals surface area contributed by atoms with E-state index in [2.05, 4.69) is 43.0 Å². The van der Waals surface area contributed by atoms with Gasteiger partial charge in [-0.2, -0.15) is 0 Å². The number of H-pyrrole nitrogens is 1. The van der Waals surface area contributed by atoms with E-state index in [1.165, 1.54) is 0 Å². The molecule has 2 heterocycles. The van der Waals surface area contributed by atoms with Crippen molar-refractivity contribution in [1.82, 2.24) is 20.4 Å². The van der Waals surface area contributed by atoms with Crippen LogP contribution in [0.1, 0.15) is 0 Å². The third kappa shape index (κ3) is 0.772. The molecule has 2 aromatic heterocycles. The first-order chi connectivity index (χ1) is 4.88. The largest absolute Gasteiger partial charge is 0.358 e. The highest BCUT2D eigenvalue weighted by atomic mass is 127. The second-order valence-electron chi connectivity index (χ2n) is 1.82. The van der Waals surface area contributed by atoms with E-state index in [1.54, 1.807) is 0 Å². The minimum absolute atomic E-state index is 0.854. The Balaban J connectivity index is 2.95. The van der Waals surface area contributed by atoms with Crippen molar-refractivity contribution >= 4 is 33.6 Å². The van der Waals surface area contributed by atoms with Gasteiger partial charge in [0.05, 0.1) is 0 Å². The summed E-state index contributed by atoms with van der Waals surface area (Å²) in [4.78, 5) is 3.02. The number of aromatic amines is 1. The first-order valence-corrected chi connectivity index (χ1v) is 3.78. The number of hydrogen-bond acceptors (Lipinski definition) is 3. The summed E-state index contributed by atoms with van der Waals surface area (Å²) in [6.07, 6.45) is 1.82. The Kier molecular flexibility index (Phi) is 1.30. The summed E-state index contributed by atoms with van der Waals surface area (Å²) in [5.74, 6) is 0. The Morgan fingerprint density at radius 1 is 1.40 bits per heavy atom. The number of rotatable bonds is 0. The van der Waals surface area contributed by atoms with Crippen molar-refractivity contribution in [2.75, 3.05) is 0 Å². The second kappa shape index (κ2) is 2.15. The van der Waals surface area contributed by atoms with Gasteiger partial charge >= 0.3 is 0 Å². The van der Waals surface area contributed by atoms with E-state index in [1.807, 2.05) is 12.3 Å². The zero-order valence-corrected chi connectivity index (χ0v) is 7.03. The van der Waals surface area contributed by atoms with Gasteiger partial charge in [0.2, 0.25) is 0 Å². The van der Waals surface area contributed by atoms with E-state index in [-0.39, 0.29) is 0 Å². The second-order valence-corrected chi connectivity index (χ2v) is 2.84. The molecule has 0 aliphatic rings. The lowest BCUT2D eigenvalue weighted by Crippen LogP contribution is -1.89. The summed E-state index contributed by atoms with van der Waals surface area (Å²) < 4.78 is 0.854. The minimum Gasteiger partial charge on any atom is -0.358 e. The first-order valence-electron chi connectivity index (χ1n) is 2.70. The van der Waals surface area contributed by atoms with E-state index >= 15 is 0 Å². The molecule has 0 unspecified atom stereocenters. The standard InChI is InChI=1S/C5H3IN4/c6-5-4-3(1-2-7-4)8-10-9-5/h1-2,7H. The number of fused-ring (bicyclic) bond motifs is 1. The maximum Gasteiger partial charge on any atom is 0.151 e. The van der Waals surface area contributed by atoms with Crippen LogP contribution < -0.4 is 0 Å². The molecule has 0 aromatic carbocycles. The van der Waals surface area contributed by atoms with Crippen LogP contribution in [-0.4, -0.2) is 20.4 Å². The molecule has 2 rings (SSSR count). The molecule has 0 saturated carbocycles. The van der Waals surface area contributed by atoms with Gasteiger partial charge in [-0.3, -0.25) is 0 Å². The van der Waals surface area contributed by atoms with Gasteiger partial charge in [-0.25, -0.2) is 0 Å². The van der Waals surface area contributed by atoms with Gasteiger partial charge < -0.3 is 4.98 Å². The van der Waals surface area contributed by atoms with E-state index < -0.39 is 0 Å². The lowest BCUT2D eigenvalue weighted by molar-refractivity contribution is 0.878. The quantitative estimate of drug-likeness (QED) is 0.704. The third-order valence-corrected chi connectivity index (χ3v) is 1.97. The van der Waals surface area contributed by atoms with Gasteiger partial charge in [-0.15, -0.1) is 10.2 Å². The molecule has 1 N–H and O–H groups in total. The minimum atomic E-state index is 0.854. The summed E-state index contributed by atoms with van der Waals surface area (Å²) in [5.41, 5.74) is 1.81. The highest BCUT2D eigenvalue weighted by Crippen LogP contribution is 2.11. The molecule has 0 aliphatic heterocycles. The fourth-order valence-corrected chi connectivity index (χ4v) is 1.30.